The van der Waals surface area contributed by atoms with Crippen molar-refractivity contribution in [3.05, 3.63) is 27.7 Å². The van der Waals surface area contributed by atoms with Gasteiger partial charge in [0.1, 0.15) is 31.8 Å². The molecule has 50 heavy (non-hydrogen) atoms. The highest BCUT2D eigenvalue weighted by Gasteiger charge is 2.44. The Kier molecular flexibility index (Phi) is 13.4. The van der Waals surface area contributed by atoms with E-state index in [1.165, 1.54) is 19.6 Å². The fraction of sp³-hybridized carbons (Fsp3) is 0.647. The topological polar surface area (TPSA) is 186 Å². The molecule has 0 aliphatic carbocycles. The van der Waals surface area contributed by atoms with Gasteiger partial charge in [-0.15, -0.1) is 0 Å². The van der Waals surface area contributed by atoms with Crippen LogP contribution in [0, 0.1) is 62.2 Å². The fourth-order valence-corrected chi connectivity index (χ4v) is 5.70. The monoisotopic (exact) mass is 704 g/mol. The summed E-state index contributed by atoms with van der Waals surface area (Å²) < 4.78 is 22.3. The van der Waals surface area contributed by atoms with Gasteiger partial charge in [-0.1, -0.05) is 0 Å². The maximum Gasteiger partial charge on any atom is 0.311 e. The second-order valence-electron chi connectivity index (χ2n) is 14.1. The van der Waals surface area contributed by atoms with Gasteiger partial charge in [-0.05, 0) is 33.1 Å². The van der Waals surface area contributed by atoms with Crippen LogP contribution in [0.5, 0.6) is 0 Å². The number of hydrogen-bond acceptors (Lipinski definition) is 12. The minimum atomic E-state index is -1.59. The lowest BCUT2D eigenvalue weighted by molar-refractivity contribution is -0.176. The van der Waals surface area contributed by atoms with Gasteiger partial charge in [0.25, 0.3) is 0 Å². The Morgan fingerprint density at radius 3 is 0.820 bits per heavy atom. The molecule has 0 aromatic rings. The lowest BCUT2D eigenvalue weighted by Crippen LogP contribution is -2.45. The molecule has 4 aliphatic heterocycles. The molecule has 0 saturated carbocycles. The highest BCUT2D eigenvalue weighted by Crippen LogP contribution is 2.28. The molecule has 0 aromatic heterocycles. The maximum atomic E-state index is 13.0. The summed E-state index contributed by atoms with van der Waals surface area (Å²) in [5, 5.41) is 0. The van der Waals surface area contributed by atoms with Crippen LogP contribution in [0.4, 0.5) is 0 Å². The van der Waals surface area contributed by atoms with Crippen LogP contribution in [0.3, 0.4) is 0 Å². The number of nitrogens with zero attached hydrogens (tertiary/aromatic N) is 4. The molecule has 4 atom stereocenters. The van der Waals surface area contributed by atoms with E-state index in [2.05, 4.69) is 27.7 Å². The molecule has 0 spiro atoms. The van der Waals surface area contributed by atoms with E-state index in [1.54, 1.807) is 28.2 Å². The Labute approximate surface area is 293 Å². The first kappa shape index (κ1) is 40.2. The summed E-state index contributed by atoms with van der Waals surface area (Å²) in [6.45, 7) is 12.2. The second kappa shape index (κ2) is 16.6. The number of carbonyl (C=O) groups is 8. The van der Waals surface area contributed by atoms with E-state index in [1.807, 2.05) is 0 Å². The van der Waals surface area contributed by atoms with Gasteiger partial charge in [0.05, 0.1) is 23.7 Å². The number of carbonyl (C=O) groups excluding carboxylic acids is 8. The molecule has 16 heteroatoms. The van der Waals surface area contributed by atoms with Gasteiger partial charge in [-0.3, -0.25) is 38.4 Å². The molecule has 4 heterocycles. The highest BCUT2D eigenvalue weighted by atomic mass is 16.6. The standard InChI is InChI=1S/C29H40N4O12.C5H8/c1-30-9-17(5-21(30)34)25(38)42-13-29(14-43-26(39)18-6-22(35)31(2)10-18,15-44-27(40)19-7-23(36)32(3)11-19)16-45-28(41)20-8-24(37)33(4)12-20;1-5(2,3)4/h17-20H,5-16H2,1-4H3;1-4H2. The van der Waals surface area contributed by atoms with E-state index >= 15 is 0 Å². The summed E-state index contributed by atoms with van der Waals surface area (Å²) in [6.07, 6.45) is -0.234. The van der Waals surface area contributed by atoms with Gasteiger partial charge in [0, 0.05) is 80.1 Å². The number of rotatable bonds is 12. The largest absolute Gasteiger partial charge is 0.464 e. The zero-order valence-electron chi connectivity index (χ0n) is 29.3. The predicted molar refractivity (Wildman–Crippen MR) is 173 cm³/mol. The molecular weight excluding hydrogens is 656 g/mol. The Morgan fingerprint density at radius 2 is 0.680 bits per heavy atom. The Hall–Kier alpha value is -4.24. The smallest absolute Gasteiger partial charge is 0.311 e. The summed E-state index contributed by atoms with van der Waals surface area (Å²) in [4.78, 5) is 106. The second-order valence-corrected chi connectivity index (χ2v) is 14.1. The first-order chi connectivity index (χ1) is 23.2. The quantitative estimate of drug-likeness (QED) is 0.185. The summed E-state index contributed by atoms with van der Waals surface area (Å²) in [6, 6.07) is 0. The van der Waals surface area contributed by atoms with Gasteiger partial charge in [0.2, 0.25) is 23.6 Å². The third-order valence-electron chi connectivity index (χ3n) is 8.78. The average Bonchev–Trinajstić information content (AvgIpc) is 3.77. The molecule has 4 rings (SSSR count). The summed E-state index contributed by atoms with van der Waals surface area (Å²) in [5.74, 6) is -6.81. The van der Waals surface area contributed by atoms with Crippen molar-refractivity contribution >= 4 is 47.5 Å². The summed E-state index contributed by atoms with van der Waals surface area (Å²) in [7, 11) is 6.22. The molecule has 0 aromatic carbocycles. The third-order valence-corrected chi connectivity index (χ3v) is 8.78. The summed E-state index contributed by atoms with van der Waals surface area (Å²) in [5.41, 5.74) is -2.09. The van der Waals surface area contributed by atoms with Gasteiger partial charge in [0.15, 0.2) is 0 Å². The number of likely N-dealkylation sites (tertiary alicyclic amines) is 4. The van der Waals surface area contributed by atoms with Crippen molar-refractivity contribution in [2.24, 2.45) is 34.5 Å². The first-order valence-corrected chi connectivity index (χ1v) is 16.2. The number of amides is 4. The van der Waals surface area contributed by atoms with Gasteiger partial charge < -0.3 is 38.5 Å². The Bertz CT molecular complexity index is 1150. The maximum absolute atomic E-state index is 13.0. The van der Waals surface area contributed by atoms with Crippen molar-refractivity contribution in [1.29, 1.82) is 0 Å². The first-order valence-electron chi connectivity index (χ1n) is 16.2. The number of ether oxygens (including phenoxy) is 4. The van der Waals surface area contributed by atoms with Crippen LogP contribution < -0.4 is 0 Å². The highest BCUT2D eigenvalue weighted by molar-refractivity contribution is 5.88. The van der Waals surface area contributed by atoms with Gasteiger partial charge in [-0.25, -0.2) is 0 Å². The van der Waals surface area contributed by atoms with E-state index in [0.29, 0.717) is 0 Å². The Morgan fingerprint density at radius 1 is 0.500 bits per heavy atom. The van der Waals surface area contributed by atoms with Crippen LogP contribution in [0.25, 0.3) is 0 Å². The van der Waals surface area contributed by atoms with Crippen molar-refractivity contribution < 1.29 is 57.3 Å². The van der Waals surface area contributed by atoms with Crippen LogP contribution in [-0.4, -0.2) is 148 Å². The fourth-order valence-electron chi connectivity index (χ4n) is 5.70. The average molecular weight is 705 g/mol. The van der Waals surface area contributed by atoms with Crippen molar-refractivity contribution in [2.45, 2.75) is 25.7 Å². The van der Waals surface area contributed by atoms with Gasteiger partial charge in [-0.2, -0.15) is 0 Å². The molecule has 4 unspecified atom stereocenters. The van der Waals surface area contributed by atoms with E-state index in [0.717, 1.165) is 0 Å². The number of esters is 4. The molecule has 4 radical (unpaired) electrons. The minimum Gasteiger partial charge on any atom is -0.464 e. The van der Waals surface area contributed by atoms with E-state index < -0.39 is 84.8 Å². The van der Waals surface area contributed by atoms with Crippen LogP contribution in [0.2, 0.25) is 0 Å². The lowest BCUT2D eigenvalue weighted by Gasteiger charge is -2.32. The van der Waals surface area contributed by atoms with Crippen LogP contribution in [-0.2, 0) is 57.3 Å². The summed E-state index contributed by atoms with van der Waals surface area (Å²) >= 11 is 0. The molecule has 4 saturated heterocycles. The zero-order valence-corrected chi connectivity index (χ0v) is 29.3. The van der Waals surface area contributed by atoms with E-state index in [4.69, 9.17) is 18.9 Å². The van der Waals surface area contributed by atoms with Crippen molar-refractivity contribution in [3.63, 3.8) is 0 Å². The molecule has 0 bridgehead atoms. The molecular formula is C34H48N4O12. The molecule has 4 aliphatic rings. The van der Waals surface area contributed by atoms with Crippen LogP contribution in [0.15, 0.2) is 0 Å². The molecule has 4 amide bonds. The van der Waals surface area contributed by atoms with Crippen LogP contribution >= 0.6 is 0 Å². The van der Waals surface area contributed by atoms with E-state index in [9.17, 15) is 38.4 Å². The number of hydrogen-bond donors (Lipinski definition) is 0. The predicted octanol–water partition coefficient (Wildman–Crippen LogP) is -0.632. The minimum absolute atomic E-state index is 0.0586. The normalized spacial score (nSPS) is 25.0. The SMILES string of the molecule is CN1CC(C(=O)OCC(COC(=O)C2CC(=O)N(C)C2)(COC(=O)C2CC(=O)N(C)C2)COC(=O)C2CC(=O)N(C)C2)CC1=O.[CH2]C([CH2])([CH2])[CH2]. The molecule has 16 nitrogen and oxygen atoms in total. The Balaban J connectivity index is 0.00000126. The van der Waals surface area contributed by atoms with Crippen LogP contribution in [0.1, 0.15) is 25.7 Å². The van der Waals surface area contributed by atoms with Crippen molar-refractivity contribution in [2.75, 3.05) is 80.8 Å². The van der Waals surface area contributed by atoms with Gasteiger partial charge >= 0.3 is 23.9 Å². The zero-order chi connectivity index (χ0) is 37.6. The third kappa shape index (κ3) is 11.4. The molecule has 0 N–H and O–H groups in total. The van der Waals surface area contributed by atoms with Crippen molar-refractivity contribution in [1.82, 2.24) is 19.6 Å². The van der Waals surface area contributed by atoms with E-state index in [-0.39, 0.29) is 75.5 Å². The molecule has 276 valence electrons. The molecule has 4 fully saturated rings. The van der Waals surface area contributed by atoms with Crippen molar-refractivity contribution in [3.8, 4) is 0 Å². The lowest BCUT2D eigenvalue weighted by atomic mass is 9.91.